The predicted molar refractivity (Wildman–Crippen MR) is 59.7 cm³/mol. The van der Waals surface area contributed by atoms with Gasteiger partial charge in [-0.3, -0.25) is 4.79 Å². The molecule has 2 rings (SSSR count). The number of aromatic amines is 1. The fourth-order valence-corrected chi connectivity index (χ4v) is 1.57. The van der Waals surface area contributed by atoms with Crippen molar-refractivity contribution in [2.75, 3.05) is 0 Å². The van der Waals surface area contributed by atoms with Crippen LogP contribution in [0.15, 0.2) is 23.0 Å². The Morgan fingerprint density at radius 1 is 1.18 bits per heavy atom. The van der Waals surface area contributed by atoms with E-state index >= 15 is 0 Å². The summed E-state index contributed by atoms with van der Waals surface area (Å²) in [6.45, 7) is 3.26. The zero-order valence-corrected chi connectivity index (χ0v) is 9.34. The van der Waals surface area contributed by atoms with Gasteiger partial charge in [0.25, 0.3) is 5.56 Å². The topological polar surface area (TPSA) is 45.8 Å². The highest BCUT2D eigenvalue weighted by molar-refractivity contribution is 5.64. The van der Waals surface area contributed by atoms with Gasteiger partial charge in [-0.05, 0) is 31.5 Å². The van der Waals surface area contributed by atoms with Crippen molar-refractivity contribution in [3.63, 3.8) is 0 Å². The van der Waals surface area contributed by atoms with Gasteiger partial charge in [0.2, 0.25) is 0 Å². The van der Waals surface area contributed by atoms with E-state index in [1.54, 1.807) is 13.8 Å². The molecule has 0 spiro atoms. The van der Waals surface area contributed by atoms with Crippen LogP contribution in [0.5, 0.6) is 0 Å². The quantitative estimate of drug-likeness (QED) is 0.826. The van der Waals surface area contributed by atoms with Crippen molar-refractivity contribution < 1.29 is 8.78 Å². The van der Waals surface area contributed by atoms with Crippen LogP contribution < -0.4 is 5.56 Å². The smallest absolute Gasteiger partial charge is 0.267 e. The summed E-state index contributed by atoms with van der Waals surface area (Å²) in [5, 5.41) is 6.03. The van der Waals surface area contributed by atoms with E-state index < -0.39 is 11.6 Å². The summed E-state index contributed by atoms with van der Waals surface area (Å²) in [7, 11) is 0. The number of nitrogens with one attached hydrogen (secondary N) is 1. The van der Waals surface area contributed by atoms with Gasteiger partial charge in [0.15, 0.2) is 11.6 Å². The Labute approximate surface area is 96.1 Å². The summed E-state index contributed by atoms with van der Waals surface area (Å²) in [6, 6.07) is 3.85. The molecule has 0 bridgehead atoms. The average Bonchev–Trinajstić information content (AvgIpc) is 2.31. The minimum atomic E-state index is -0.963. The number of benzene rings is 1. The molecule has 0 amide bonds. The minimum absolute atomic E-state index is 0.0434. The summed E-state index contributed by atoms with van der Waals surface area (Å²) in [5.41, 5.74) is 0.945. The molecule has 0 aliphatic heterocycles. The fourth-order valence-electron chi connectivity index (χ4n) is 1.57. The molecule has 0 aliphatic carbocycles. The molecule has 0 fully saturated rings. The molecule has 2 aromatic rings. The normalized spacial score (nSPS) is 10.6. The molecular weight excluding hydrogens is 226 g/mol. The molecule has 5 heteroatoms. The van der Waals surface area contributed by atoms with Gasteiger partial charge in [0, 0.05) is 11.1 Å². The first-order chi connectivity index (χ1) is 8.02. The second kappa shape index (κ2) is 4.08. The van der Waals surface area contributed by atoms with Crippen LogP contribution >= 0.6 is 0 Å². The SMILES string of the molecule is Cc1c(-c2cccc(F)c2F)n[nH]c(=O)c1C. The molecular formula is C12H10F2N2O. The highest BCUT2D eigenvalue weighted by atomic mass is 19.2. The highest BCUT2D eigenvalue weighted by Gasteiger charge is 2.15. The van der Waals surface area contributed by atoms with Crippen molar-refractivity contribution in [1.82, 2.24) is 10.2 Å². The van der Waals surface area contributed by atoms with Gasteiger partial charge >= 0.3 is 0 Å². The van der Waals surface area contributed by atoms with Crippen molar-refractivity contribution in [1.29, 1.82) is 0 Å². The number of aromatic nitrogens is 2. The Balaban J connectivity index is 2.74. The lowest BCUT2D eigenvalue weighted by Crippen LogP contribution is -2.14. The third-order valence-corrected chi connectivity index (χ3v) is 2.73. The van der Waals surface area contributed by atoms with Gasteiger partial charge in [0.05, 0.1) is 5.69 Å². The molecule has 0 unspecified atom stereocenters. The molecule has 1 aromatic heterocycles. The van der Waals surface area contributed by atoms with Crippen LogP contribution in [0.25, 0.3) is 11.3 Å². The number of rotatable bonds is 1. The summed E-state index contributed by atoms with van der Waals surface area (Å²) >= 11 is 0. The lowest BCUT2D eigenvalue weighted by molar-refractivity contribution is 0.510. The number of hydrogen-bond donors (Lipinski definition) is 1. The first-order valence-electron chi connectivity index (χ1n) is 5.02. The van der Waals surface area contributed by atoms with Gasteiger partial charge in [-0.1, -0.05) is 6.07 Å². The Kier molecular flexibility index (Phi) is 2.75. The van der Waals surface area contributed by atoms with Gasteiger partial charge in [0.1, 0.15) is 0 Å². The molecule has 0 radical (unpaired) electrons. The molecule has 1 heterocycles. The lowest BCUT2D eigenvalue weighted by Gasteiger charge is -2.07. The Morgan fingerprint density at radius 3 is 2.59 bits per heavy atom. The van der Waals surface area contributed by atoms with Crippen LogP contribution in [0.2, 0.25) is 0 Å². The monoisotopic (exact) mass is 236 g/mol. The maximum atomic E-state index is 13.6. The maximum absolute atomic E-state index is 13.6. The molecule has 17 heavy (non-hydrogen) atoms. The summed E-state index contributed by atoms with van der Waals surface area (Å²) in [6.07, 6.45) is 0. The predicted octanol–water partition coefficient (Wildman–Crippen LogP) is 2.33. The van der Waals surface area contributed by atoms with E-state index in [0.717, 1.165) is 6.07 Å². The Bertz CT molecular complexity index is 635. The Morgan fingerprint density at radius 2 is 1.88 bits per heavy atom. The molecule has 1 aromatic carbocycles. The lowest BCUT2D eigenvalue weighted by atomic mass is 10.0. The van der Waals surface area contributed by atoms with Crippen LogP contribution in [0.1, 0.15) is 11.1 Å². The van der Waals surface area contributed by atoms with E-state index in [2.05, 4.69) is 10.2 Å². The highest BCUT2D eigenvalue weighted by Crippen LogP contribution is 2.25. The molecule has 0 aliphatic rings. The van der Waals surface area contributed by atoms with Crippen molar-refractivity contribution in [3.05, 3.63) is 51.3 Å². The van der Waals surface area contributed by atoms with E-state index in [-0.39, 0.29) is 16.8 Å². The van der Waals surface area contributed by atoms with Gasteiger partial charge in [-0.2, -0.15) is 5.10 Å². The van der Waals surface area contributed by atoms with E-state index in [1.807, 2.05) is 0 Å². The average molecular weight is 236 g/mol. The fraction of sp³-hybridized carbons (Fsp3) is 0.167. The molecule has 88 valence electrons. The molecule has 0 saturated carbocycles. The Hall–Kier alpha value is -2.04. The van der Waals surface area contributed by atoms with E-state index in [1.165, 1.54) is 12.1 Å². The summed E-state index contributed by atoms with van der Waals surface area (Å²) < 4.78 is 26.7. The molecule has 0 atom stereocenters. The molecule has 1 N–H and O–H groups in total. The van der Waals surface area contributed by atoms with E-state index in [4.69, 9.17) is 0 Å². The third kappa shape index (κ3) is 1.84. The van der Waals surface area contributed by atoms with Crippen LogP contribution in [0.4, 0.5) is 8.78 Å². The van der Waals surface area contributed by atoms with Crippen LogP contribution in [-0.2, 0) is 0 Å². The van der Waals surface area contributed by atoms with Crippen LogP contribution in [0, 0.1) is 25.5 Å². The second-order valence-electron chi connectivity index (χ2n) is 3.75. The zero-order valence-electron chi connectivity index (χ0n) is 9.34. The summed E-state index contributed by atoms with van der Waals surface area (Å²) in [4.78, 5) is 11.3. The van der Waals surface area contributed by atoms with Gasteiger partial charge in [-0.15, -0.1) is 0 Å². The molecule has 3 nitrogen and oxygen atoms in total. The number of halogens is 2. The first kappa shape index (κ1) is 11.4. The third-order valence-electron chi connectivity index (χ3n) is 2.73. The number of H-pyrrole nitrogens is 1. The van der Waals surface area contributed by atoms with Crippen molar-refractivity contribution in [2.24, 2.45) is 0 Å². The molecule has 0 saturated heterocycles. The van der Waals surface area contributed by atoms with Crippen LogP contribution in [-0.4, -0.2) is 10.2 Å². The van der Waals surface area contributed by atoms with Crippen molar-refractivity contribution >= 4 is 0 Å². The second-order valence-corrected chi connectivity index (χ2v) is 3.75. The van der Waals surface area contributed by atoms with Crippen LogP contribution in [0.3, 0.4) is 0 Å². The summed E-state index contributed by atoms with van der Waals surface area (Å²) in [5.74, 6) is -1.90. The number of nitrogens with zero attached hydrogens (tertiary/aromatic N) is 1. The zero-order chi connectivity index (χ0) is 12.6. The number of hydrogen-bond acceptors (Lipinski definition) is 2. The maximum Gasteiger partial charge on any atom is 0.267 e. The van der Waals surface area contributed by atoms with E-state index in [9.17, 15) is 13.6 Å². The van der Waals surface area contributed by atoms with Gasteiger partial charge < -0.3 is 0 Å². The minimum Gasteiger partial charge on any atom is -0.268 e. The largest absolute Gasteiger partial charge is 0.268 e. The van der Waals surface area contributed by atoms with E-state index in [0.29, 0.717) is 11.1 Å². The first-order valence-corrected chi connectivity index (χ1v) is 5.02. The van der Waals surface area contributed by atoms with Crippen molar-refractivity contribution in [3.8, 4) is 11.3 Å². The van der Waals surface area contributed by atoms with Gasteiger partial charge in [-0.25, -0.2) is 13.9 Å². The standard InChI is InChI=1S/C12H10F2N2O/c1-6-7(2)12(17)16-15-11(6)8-4-3-5-9(13)10(8)14/h3-5H,1-2H3,(H,16,17). The van der Waals surface area contributed by atoms with Crippen molar-refractivity contribution in [2.45, 2.75) is 13.8 Å².